The van der Waals surface area contributed by atoms with Gasteiger partial charge < -0.3 is 15.7 Å². The maximum absolute atomic E-state index is 12.1. The first-order chi connectivity index (χ1) is 13.3. The fourth-order valence-electron chi connectivity index (χ4n) is 2.81. The number of hydrogen-bond acceptors (Lipinski definition) is 3. The molecule has 0 aliphatic carbocycles. The number of aliphatic carboxylic acids is 1. The van der Waals surface area contributed by atoms with Crippen molar-refractivity contribution in [2.75, 3.05) is 6.54 Å². The van der Waals surface area contributed by atoms with Crippen LogP contribution in [0.1, 0.15) is 25.8 Å². The molecule has 2 aromatic rings. The number of nitrogens with one attached hydrogen (secondary N) is 2. The molecule has 0 aliphatic rings. The number of carbonyl (C=O) groups excluding carboxylic acids is 2. The Balaban J connectivity index is 1.82. The fraction of sp³-hybridized carbons (Fsp3) is 0.318. The van der Waals surface area contributed by atoms with E-state index in [0.29, 0.717) is 6.42 Å². The molecule has 1 atom stereocenters. The largest absolute Gasteiger partial charge is 0.480 e. The van der Waals surface area contributed by atoms with Crippen LogP contribution in [0, 0.1) is 5.92 Å². The first-order valence-electron chi connectivity index (χ1n) is 9.28. The van der Waals surface area contributed by atoms with E-state index >= 15 is 0 Å². The highest BCUT2D eigenvalue weighted by Gasteiger charge is 2.21. The zero-order chi connectivity index (χ0) is 20.5. The van der Waals surface area contributed by atoms with E-state index in [1.54, 1.807) is 0 Å². The van der Waals surface area contributed by atoms with E-state index in [4.69, 9.17) is 5.11 Å². The van der Waals surface area contributed by atoms with Crippen molar-refractivity contribution in [1.82, 2.24) is 10.6 Å². The first-order valence-corrected chi connectivity index (χ1v) is 9.28. The molecule has 0 saturated heterocycles. The van der Waals surface area contributed by atoms with Crippen LogP contribution in [0.3, 0.4) is 0 Å². The molecule has 0 aromatic heterocycles. The Morgan fingerprint density at radius 1 is 0.893 bits per heavy atom. The van der Waals surface area contributed by atoms with Gasteiger partial charge in [0.25, 0.3) is 0 Å². The maximum atomic E-state index is 12.1. The van der Waals surface area contributed by atoms with Gasteiger partial charge in [-0.15, -0.1) is 0 Å². The van der Waals surface area contributed by atoms with Crippen LogP contribution in [0.15, 0.2) is 54.6 Å². The number of carboxylic acid groups (broad SMARTS) is 1. The summed E-state index contributed by atoms with van der Waals surface area (Å²) >= 11 is 0. The lowest BCUT2D eigenvalue weighted by atomic mass is 10.0. The molecule has 0 aliphatic heterocycles. The molecule has 0 unspecified atom stereocenters. The van der Waals surface area contributed by atoms with Crippen LogP contribution in [-0.4, -0.2) is 35.5 Å². The highest BCUT2D eigenvalue weighted by atomic mass is 16.4. The Labute approximate surface area is 165 Å². The van der Waals surface area contributed by atoms with Crippen LogP contribution in [-0.2, 0) is 20.8 Å². The quantitative estimate of drug-likeness (QED) is 0.621. The SMILES string of the molecule is CC(C)C[C@H](NC(=O)CNC(=O)Cc1ccc(-c2ccccc2)cc1)C(=O)O. The molecule has 28 heavy (non-hydrogen) atoms. The van der Waals surface area contributed by atoms with E-state index < -0.39 is 17.9 Å². The van der Waals surface area contributed by atoms with Gasteiger partial charge in [-0.25, -0.2) is 4.79 Å². The lowest BCUT2D eigenvalue weighted by molar-refractivity contribution is -0.142. The molecule has 148 valence electrons. The number of carboxylic acids is 1. The number of benzene rings is 2. The Morgan fingerprint density at radius 2 is 1.50 bits per heavy atom. The molecule has 0 spiro atoms. The van der Waals surface area contributed by atoms with E-state index in [0.717, 1.165) is 16.7 Å². The third-order valence-corrected chi connectivity index (χ3v) is 4.21. The summed E-state index contributed by atoms with van der Waals surface area (Å²) in [6, 6.07) is 16.6. The molecule has 6 heteroatoms. The third kappa shape index (κ3) is 6.87. The molecule has 2 aromatic carbocycles. The summed E-state index contributed by atoms with van der Waals surface area (Å²) in [5, 5.41) is 14.1. The summed E-state index contributed by atoms with van der Waals surface area (Å²) in [5.41, 5.74) is 3.00. The van der Waals surface area contributed by atoms with Gasteiger partial charge in [0.05, 0.1) is 13.0 Å². The Hall–Kier alpha value is -3.15. The Kier molecular flexibility index (Phi) is 7.75. The standard InChI is InChI=1S/C22H26N2O4/c1-15(2)12-19(22(27)28)24-21(26)14-23-20(25)13-16-8-10-18(11-9-16)17-6-4-3-5-7-17/h3-11,15,19H,12-14H2,1-2H3,(H,23,25)(H,24,26)(H,27,28)/t19-/m0/s1. The normalized spacial score (nSPS) is 11.7. The highest BCUT2D eigenvalue weighted by molar-refractivity contribution is 5.88. The van der Waals surface area contributed by atoms with E-state index in [-0.39, 0.29) is 24.8 Å². The second kappa shape index (κ2) is 10.3. The molecule has 6 nitrogen and oxygen atoms in total. The number of hydrogen-bond donors (Lipinski definition) is 3. The number of amides is 2. The molecule has 3 N–H and O–H groups in total. The zero-order valence-electron chi connectivity index (χ0n) is 16.1. The van der Waals surface area contributed by atoms with Crippen molar-refractivity contribution in [2.24, 2.45) is 5.92 Å². The molecule has 0 bridgehead atoms. The summed E-state index contributed by atoms with van der Waals surface area (Å²) in [5.74, 6) is -1.75. The van der Waals surface area contributed by atoms with Gasteiger partial charge in [0.2, 0.25) is 11.8 Å². The predicted octanol–water partition coefficient (Wildman–Crippen LogP) is 2.63. The van der Waals surface area contributed by atoms with Gasteiger partial charge in [0.15, 0.2) is 0 Å². The smallest absolute Gasteiger partial charge is 0.326 e. The van der Waals surface area contributed by atoms with E-state index in [1.807, 2.05) is 68.4 Å². The average Bonchev–Trinajstić information content (AvgIpc) is 2.67. The minimum absolute atomic E-state index is 0.134. The van der Waals surface area contributed by atoms with Crippen LogP contribution in [0.4, 0.5) is 0 Å². The third-order valence-electron chi connectivity index (χ3n) is 4.21. The van der Waals surface area contributed by atoms with Gasteiger partial charge in [-0.1, -0.05) is 68.4 Å². The maximum Gasteiger partial charge on any atom is 0.326 e. The topological polar surface area (TPSA) is 95.5 Å². The van der Waals surface area contributed by atoms with E-state index in [9.17, 15) is 14.4 Å². The minimum atomic E-state index is -1.08. The average molecular weight is 382 g/mol. The van der Waals surface area contributed by atoms with Crippen LogP contribution in [0.2, 0.25) is 0 Å². The van der Waals surface area contributed by atoms with Crippen LogP contribution < -0.4 is 10.6 Å². The van der Waals surface area contributed by atoms with Crippen molar-refractivity contribution in [3.05, 3.63) is 60.2 Å². The van der Waals surface area contributed by atoms with Crippen molar-refractivity contribution in [3.63, 3.8) is 0 Å². The van der Waals surface area contributed by atoms with Crippen molar-refractivity contribution in [1.29, 1.82) is 0 Å². The monoisotopic (exact) mass is 382 g/mol. The summed E-state index contributed by atoms with van der Waals surface area (Å²) in [6.45, 7) is 3.52. The Morgan fingerprint density at radius 3 is 2.07 bits per heavy atom. The molecule has 2 amide bonds. The van der Waals surface area contributed by atoms with Crippen LogP contribution in [0.5, 0.6) is 0 Å². The predicted molar refractivity (Wildman–Crippen MR) is 108 cm³/mol. The van der Waals surface area contributed by atoms with Gasteiger partial charge >= 0.3 is 5.97 Å². The summed E-state index contributed by atoms with van der Waals surface area (Å²) in [7, 11) is 0. The van der Waals surface area contributed by atoms with Gasteiger partial charge in [0, 0.05) is 0 Å². The molecular weight excluding hydrogens is 356 g/mol. The van der Waals surface area contributed by atoms with Gasteiger partial charge in [-0.2, -0.15) is 0 Å². The molecule has 0 fully saturated rings. The minimum Gasteiger partial charge on any atom is -0.480 e. The van der Waals surface area contributed by atoms with E-state index in [1.165, 1.54) is 0 Å². The fourth-order valence-corrected chi connectivity index (χ4v) is 2.81. The molecule has 0 radical (unpaired) electrons. The zero-order valence-corrected chi connectivity index (χ0v) is 16.1. The van der Waals surface area contributed by atoms with Crippen LogP contribution in [0.25, 0.3) is 11.1 Å². The number of carbonyl (C=O) groups is 3. The second-order valence-electron chi connectivity index (χ2n) is 7.10. The van der Waals surface area contributed by atoms with Crippen LogP contribution >= 0.6 is 0 Å². The van der Waals surface area contributed by atoms with E-state index in [2.05, 4.69) is 10.6 Å². The molecule has 0 saturated carbocycles. The lowest BCUT2D eigenvalue weighted by Crippen LogP contribution is -2.46. The second-order valence-corrected chi connectivity index (χ2v) is 7.10. The number of rotatable bonds is 9. The summed E-state index contributed by atoms with van der Waals surface area (Å²) < 4.78 is 0. The summed E-state index contributed by atoms with van der Waals surface area (Å²) in [4.78, 5) is 35.1. The van der Waals surface area contributed by atoms with Gasteiger partial charge in [0.1, 0.15) is 6.04 Å². The van der Waals surface area contributed by atoms with Crippen molar-refractivity contribution >= 4 is 17.8 Å². The molecular formula is C22H26N2O4. The molecule has 0 heterocycles. The lowest BCUT2D eigenvalue weighted by Gasteiger charge is -2.16. The van der Waals surface area contributed by atoms with Gasteiger partial charge in [-0.3, -0.25) is 9.59 Å². The Bertz CT molecular complexity index is 801. The molecule has 2 rings (SSSR count). The van der Waals surface area contributed by atoms with Crippen molar-refractivity contribution in [2.45, 2.75) is 32.7 Å². The highest BCUT2D eigenvalue weighted by Crippen LogP contribution is 2.19. The van der Waals surface area contributed by atoms with Gasteiger partial charge in [-0.05, 0) is 29.0 Å². The van der Waals surface area contributed by atoms with Crippen molar-refractivity contribution < 1.29 is 19.5 Å². The summed E-state index contributed by atoms with van der Waals surface area (Å²) in [6.07, 6.45) is 0.486. The van der Waals surface area contributed by atoms with Crippen molar-refractivity contribution in [3.8, 4) is 11.1 Å². The first kappa shape index (κ1) is 21.2.